The maximum absolute atomic E-state index is 2.62. The van der Waals surface area contributed by atoms with Crippen molar-refractivity contribution in [3.05, 3.63) is 64.8 Å². The maximum atomic E-state index is 2.62. The zero-order chi connectivity index (χ0) is 22.7. The molecule has 3 aromatic heterocycles. The summed E-state index contributed by atoms with van der Waals surface area (Å²) >= 11 is 0. The minimum Gasteiger partial charge on any atom is -0.307 e. The quantitative estimate of drug-likeness (QED) is 0.119. The van der Waals surface area contributed by atoms with Gasteiger partial charge in [-0.25, -0.2) is 4.57 Å². The summed E-state index contributed by atoms with van der Waals surface area (Å²) in [5.41, 5.74) is 11.0. The van der Waals surface area contributed by atoms with E-state index >= 15 is 0 Å². The van der Waals surface area contributed by atoms with Crippen LogP contribution in [0.2, 0.25) is 19.6 Å². The topological polar surface area (TPSA) is 8.29 Å². The minimum atomic E-state index is -1.59. The molecule has 2 nitrogen and oxygen atoms in total. The highest BCUT2D eigenvalue weighted by Crippen LogP contribution is 2.42. The van der Waals surface area contributed by atoms with Gasteiger partial charge < -0.3 is 4.40 Å². The van der Waals surface area contributed by atoms with E-state index < -0.39 is 8.07 Å². The third-order valence-corrected chi connectivity index (χ3v) is 9.64. The van der Waals surface area contributed by atoms with Gasteiger partial charge in [-0.1, -0.05) is 50.0 Å². The van der Waals surface area contributed by atoms with Gasteiger partial charge >= 0.3 is 0 Å². The first kappa shape index (κ1) is 19.7. The highest BCUT2D eigenvalue weighted by molar-refractivity contribution is 6.91. The first-order valence-corrected chi connectivity index (χ1v) is 15.1. The van der Waals surface area contributed by atoms with Gasteiger partial charge in [0.2, 0.25) is 5.52 Å². The molecule has 3 aromatic carbocycles. The molecule has 6 aromatic rings. The summed E-state index contributed by atoms with van der Waals surface area (Å²) in [5.74, 6) is 0. The number of pyridine rings is 2. The van der Waals surface area contributed by atoms with Gasteiger partial charge in [0.1, 0.15) is 7.05 Å². The molecule has 0 aliphatic heterocycles. The van der Waals surface area contributed by atoms with Crippen molar-refractivity contribution in [2.24, 2.45) is 7.05 Å². The highest BCUT2D eigenvalue weighted by atomic mass is 28.3. The Kier molecular flexibility index (Phi) is 3.77. The lowest BCUT2D eigenvalue weighted by atomic mass is 9.95. The van der Waals surface area contributed by atoms with Crippen molar-refractivity contribution in [2.75, 3.05) is 0 Å². The molecule has 3 heteroatoms. The van der Waals surface area contributed by atoms with E-state index in [1.54, 1.807) is 5.19 Å². The zero-order valence-corrected chi connectivity index (χ0v) is 21.4. The Morgan fingerprint density at radius 3 is 2.22 bits per heavy atom. The Balaban J connectivity index is 2.17. The second kappa shape index (κ2) is 6.11. The van der Waals surface area contributed by atoms with Crippen LogP contribution in [-0.2, 0) is 7.05 Å². The molecule has 0 fully saturated rings. The monoisotopic (exact) mass is 435 g/mol. The molecule has 0 unspecified atom stereocenters. The van der Waals surface area contributed by atoms with Crippen molar-refractivity contribution in [1.82, 2.24) is 4.40 Å². The van der Waals surface area contributed by atoms with Crippen LogP contribution in [-0.4, -0.2) is 12.5 Å². The lowest BCUT2D eigenvalue weighted by molar-refractivity contribution is -0.643. The summed E-state index contributed by atoms with van der Waals surface area (Å²) in [5, 5.41) is 8.62. The van der Waals surface area contributed by atoms with Crippen molar-refractivity contribution < 1.29 is 4.57 Å². The van der Waals surface area contributed by atoms with Gasteiger partial charge in [-0.3, -0.25) is 0 Å². The molecule has 32 heavy (non-hydrogen) atoms. The fourth-order valence-corrected chi connectivity index (χ4v) is 7.64. The highest BCUT2D eigenvalue weighted by Gasteiger charge is 2.30. The van der Waals surface area contributed by atoms with Crippen molar-refractivity contribution in [1.29, 1.82) is 0 Å². The molecule has 0 radical (unpaired) electrons. The van der Waals surface area contributed by atoms with Crippen molar-refractivity contribution in [3.8, 4) is 0 Å². The molecule has 0 atom stereocenters. The molecule has 0 saturated heterocycles. The van der Waals surface area contributed by atoms with Gasteiger partial charge in [0.15, 0.2) is 6.20 Å². The van der Waals surface area contributed by atoms with Crippen LogP contribution in [0.1, 0.15) is 22.3 Å². The molecule has 6 rings (SSSR count). The summed E-state index contributed by atoms with van der Waals surface area (Å²) in [6.07, 6.45) is 2.25. The smallest absolute Gasteiger partial charge is 0.224 e. The molecule has 160 valence electrons. The van der Waals surface area contributed by atoms with E-state index in [4.69, 9.17) is 0 Å². The molecule has 0 aliphatic rings. The summed E-state index contributed by atoms with van der Waals surface area (Å²) < 4.78 is 4.96. The van der Waals surface area contributed by atoms with Crippen LogP contribution in [0.3, 0.4) is 0 Å². The van der Waals surface area contributed by atoms with Gasteiger partial charge in [-0.15, -0.1) is 0 Å². The van der Waals surface area contributed by atoms with Crippen LogP contribution in [0.25, 0.3) is 49.0 Å². The molecular weight excluding hydrogens is 404 g/mol. The average Bonchev–Trinajstić information content (AvgIpc) is 3.07. The van der Waals surface area contributed by atoms with Crippen LogP contribution < -0.4 is 9.75 Å². The number of fused-ring (bicyclic) bond motifs is 6. The number of benzene rings is 3. The summed E-state index contributed by atoms with van der Waals surface area (Å²) in [6, 6.07) is 14.1. The Hall–Kier alpha value is -2.91. The number of hydrogen-bond donors (Lipinski definition) is 0. The van der Waals surface area contributed by atoms with Crippen LogP contribution in [0.5, 0.6) is 0 Å². The summed E-state index contributed by atoms with van der Waals surface area (Å²) in [6.45, 7) is 16.5. The molecule has 0 bridgehead atoms. The van der Waals surface area contributed by atoms with Gasteiger partial charge in [0.05, 0.1) is 35.4 Å². The van der Waals surface area contributed by atoms with Gasteiger partial charge in [-0.05, 0) is 60.5 Å². The van der Waals surface area contributed by atoms with E-state index in [1.807, 2.05) is 0 Å². The number of hydrogen-bond acceptors (Lipinski definition) is 0. The summed E-state index contributed by atoms with van der Waals surface area (Å²) in [4.78, 5) is 0. The van der Waals surface area contributed by atoms with Gasteiger partial charge in [-0.2, -0.15) is 0 Å². The van der Waals surface area contributed by atoms with E-state index in [-0.39, 0.29) is 0 Å². The van der Waals surface area contributed by atoms with Crippen LogP contribution in [0.15, 0.2) is 42.6 Å². The number of aromatic nitrogens is 2. The van der Waals surface area contributed by atoms with E-state index in [2.05, 4.69) is 106 Å². The van der Waals surface area contributed by atoms with Gasteiger partial charge in [0.25, 0.3) is 0 Å². The molecule has 3 heterocycles. The minimum absolute atomic E-state index is 1.35. The lowest BCUT2D eigenvalue weighted by Gasteiger charge is -2.21. The fourth-order valence-electron chi connectivity index (χ4n) is 6.05. The Labute approximate surface area is 190 Å². The standard InChI is InChI=1S/C29H31N2Si/c1-16-10-9-11-21-25-22(32(6,7)8)15-20-12-13-30(5)28-23-19(4)17(2)14-18(3)27(23)31(26(16)21)29(25)24(20)28/h9-15H,1-8H3/q+1. The molecule has 0 N–H and O–H groups in total. The third kappa shape index (κ3) is 2.27. The SMILES string of the molecule is Cc1cc(C)c2c(c1C)c1c3c(cc[n+]1C)cc([Si](C)(C)C)c1c4cccc(C)c4n2c13. The van der Waals surface area contributed by atoms with E-state index in [1.165, 1.54) is 71.3 Å². The average molecular weight is 436 g/mol. The Bertz CT molecular complexity index is 1750. The molecule has 0 spiro atoms. The molecule has 0 amide bonds. The van der Waals surface area contributed by atoms with Crippen LogP contribution in [0.4, 0.5) is 0 Å². The fraction of sp³-hybridized carbons (Fsp3) is 0.276. The zero-order valence-electron chi connectivity index (χ0n) is 20.4. The predicted molar refractivity (Wildman–Crippen MR) is 142 cm³/mol. The molecule has 0 saturated carbocycles. The molecular formula is C29H31N2Si+. The lowest BCUT2D eigenvalue weighted by Crippen LogP contribution is -2.38. The maximum Gasteiger partial charge on any atom is 0.224 e. The van der Waals surface area contributed by atoms with Gasteiger partial charge in [0, 0.05) is 16.8 Å². The van der Waals surface area contributed by atoms with Crippen LogP contribution >= 0.6 is 0 Å². The second-order valence-electron chi connectivity index (χ2n) is 10.8. The first-order valence-electron chi connectivity index (χ1n) is 11.6. The van der Waals surface area contributed by atoms with E-state index in [0.29, 0.717) is 0 Å². The van der Waals surface area contributed by atoms with Crippen molar-refractivity contribution in [2.45, 2.75) is 47.3 Å². The van der Waals surface area contributed by atoms with Crippen molar-refractivity contribution >= 4 is 62.3 Å². The third-order valence-electron chi connectivity index (χ3n) is 7.63. The largest absolute Gasteiger partial charge is 0.307 e. The number of aryl methyl sites for hydroxylation is 5. The second-order valence-corrected chi connectivity index (χ2v) is 15.8. The Morgan fingerprint density at radius 2 is 1.50 bits per heavy atom. The van der Waals surface area contributed by atoms with E-state index in [0.717, 1.165) is 0 Å². The number of rotatable bonds is 1. The van der Waals surface area contributed by atoms with E-state index in [9.17, 15) is 0 Å². The van der Waals surface area contributed by atoms with Crippen molar-refractivity contribution in [3.63, 3.8) is 0 Å². The van der Waals surface area contributed by atoms with Crippen LogP contribution in [0, 0.1) is 27.7 Å². The normalized spacial score (nSPS) is 13.0. The Morgan fingerprint density at radius 1 is 0.750 bits per heavy atom. The molecule has 0 aliphatic carbocycles. The number of para-hydroxylation sites is 1. The predicted octanol–water partition coefficient (Wildman–Crippen LogP) is 6.59. The number of nitrogens with zero attached hydrogens (tertiary/aromatic N) is 2. The first-order chi connectivity index (χ1) is 15.1. The summed E-state index contributed by atoms with van der Waals surface area (Å²) in [7, 11) is 0.618.